The third-order valence-electron chi connectivity index (χ3n) is 3.00. The van der Waals surface area contributed by atoms with E-state index in [1.54, 1.807) is 0 Å². The molecule has 0 saturated carbocycles. The zero-order chi connectivity index (χ0) is 12.0. The monoisotopic (exact) mass is 224 g/mol. The minimum atomic E-state index is 0.634. The molecule has 0 fully saturated rings. The van der Waals surface area contributed by atoms with Crippen molar-refractivity contribution in [3.05, 3.63) is 17.0 Å². The molecular formula is C13H24N2O. The highest BCUT2D eigenvalue weighted by Crippen LogP contribution is 2.13. The van der Waals surface area contributed by atoms with Crippen LogP contribution in [0, 0.1) is 13.8 Å². The van der Waals surface area contributed by atoms with Crippen LogP contribution in [0.4, 0.5) is 0 Å². The molecule has 0 saturated heterocycles. The number of nitrogens with one attached hydrogen (secondary N) is 1. The molecule has 0 spiro atoms. The van der Waals surface area contributed by atoms with Crippen LogP contribution in [0.3, 0.4) is 0 Å². The molecule has 1 aromatic rings. The largest absolute Gasteiger partial charge is 0.361 e. The quantitative estimate of drug-likeness (QED) is 0.723. The second-order valence-corrected chi connectivity index (χ2v) is 4.55. The number of hydrogen-bond donors (Lipinski definition) is 1. The van der Waals surface area contributed by atoms with Gasteiger partial charge in [-0.25, -0.2) is 0 Å². The molecule has 3 nitrogen and oxygen atoms in total. The van der Waals surface area contributed by atoms with Crippen molar-refractivity contribution in [1.82, 2.24) is 10.5 Å². The van der Waals surface area contributed by atoms with E-state index in [9.17, 15) is 0 Å². The lowest BCUT2D eigenvalue weighted by Gasteiger charge is -2.12. The average molecular weight is 224 g/mol. The van der Waals surface area contributed by atoms with Crippen molar-refractivity contribution in [1.29, 1.82) is 0 Å². The summed E-state index contributed by atoms with van der Waals surface area (Å²) >= 11 is 0. The molecule has 1 aromatic heterocycles. The average Bonchev–Trinajstić information content (AvgIpc) is 2.55. The third kappa shape index (κ3) is 3.97. The summed E-state index contributed by atoms with van der Waals surface area (Å²) in [6.45, 7) is 9.55. The molecule has 0 aromatic carbocycles. The van der Waals surface area contributed by atoms with Crippen LogP contribution < -0.4 is 5.32 Å². The van der Waals surface area contributed by atoms with E-state index in [1.807, 2.05) is 13.8 Å². The lowest BCUT2D eigenvalue weighted by molar-refractivity contribution is 0.392. The lowest BCUT2D eigenvalue weighted by atomic mass is 10.1. The van der Waals surface area contributed by atoms with Crippen molar-refractivity contribution < 1.29 is 4.52 Å². The second kappa shape index (κ2) is 6.69. The minimum Gasteiger partial charge on any atom is -0.361 e. The fourth-order valence-corrected chi connectivity index (χ4v) is 2.01. The Morgan fingerprint density at radius 2 is 2.12 bits per heavy atom. The van der Waals surface area contributed by atoms with Gasteiger partial charge in [0.25, 0.3) is 0 Å². The summed E-state index contributed by atoms with van der Waals surface area (Å²) in [6.07, 6.45) is 4.72. The predicted octanol–water partition coefficient (Wildman–Crippen LogP) is 3.00. The highest BCUT2D eigenvalue weighted by molar-refractivity contribution is 5.20. The molecule has 0 aliphatic heterocycles. The van der Waals surface area contributed by atoms with Crippen LogP contribution in [0.1, 0.15) is 50.1 Å². The van der Waals surface area contributed by atoms with Gasteiger partial charge in [0.15, 0.2) is 0 Å². The Labute approximate surface area is 98.6 Å². The number of aromatic nitrogens is 1. The summed E-state index contributed by atoms with van der Waals surface area (Å²) in [6, 6.07) is 0.634. The van der Waals surface area contributed by atoms with E-state index in [1.165, 1.54) is 18.4 Å². The molecule has 1 rings (SSSR count). The summed E-state index contributed by atoms with van der Waals surface area (Å²) in [5, 5.41) is 7.50. The van der Waals surface area contributed by atoms with Gasteiger partial charge in [0.1, 0.15) is 5.76 Å². The Morgan fingerprint density at radius 1 is 1.38 bits per heavy atom. The molecule has 0 radical (unpaired) electrons. The summed E-state index contributed by atoms with van der Waals surface area (Å²) in [4.78, 5) is 0. The molecule has 92 valence electrons. The molecule has 0 aliphatic rings. The topological polar surface area (TPSA) is 38.1 Å². The van der Waals surface area contributed by atoms with E-state index < -0.39 is 0 Å². The first-order valence-corrected chi connectivity index (χ1v) is 6.30. The van der Waals surface area contributed by atoms with Crippen LogP contribution in [0.5, 0.6) is 0 Å². The zero-order valence-corrected chi connectivity index (χ0v) is 11.0. The Bertz CT molecular complexity index is 287. The fourth-order valence-electron chi connectivity index (χ4n) is 2.01. The van der Waals surface area contributed by atoms with E-state index in [-0.39, 0.29) is 0 Å². The summed E-state index contributed by atoms with van der Waals surface area (Å²) < 4.78 is 5.14. The maximum absolute atomic E-state index is 5.14. The van der Waals surface area contributed by atoms with Gasteiger partial charge in [0.2, 0.25) is 0 Å². The van der Waals surface area contributed by atoms with Crippen LogP contribution >= 0.6 is 0 Å². The molecule has 3 heteroatoms. The Hall–Kier alpha value is -0.830. The molecule has 0 amide bonds. The highest BCUT2D eigenvalue weighted by atomic mass is 16.5. The third-order valence-corrected chi connectivity index (χ3v) is 3.00. The van der Waals surface area contributed by atoms with Gasteiger partial charge in [-0.3, -0.25) is 0 Å². The van der Waals surface area contributed by atoms with Gasteiger partial charge in [-0.05, 0) is 46.6 Å². The maximum atomic E-state index is 5.14. The van der Waals surface area contributed by atoms with Crippen LogP contribution in [-0.4, -0.2) is 17.7 Å². The van der Waals surface area contributed by atoms with Crippen LogP contribution in [-0.2, 0) is 6.42 Å². The molecule has 1 unspecified atom stereocenters. The molecule has 0 aliphatic carbocycles. The molecule has 16 heavy (non-hydrogen) atoms. The van der Waals surface area contributed by atoms with Gasteiger partial charge < -0.3 is 9.84 Å². The Morgan fingerprint density at radius 3 is 2.69 bits per heavy atom. The number of hydrogen-bond acceptors (Lipinski definition) is 3. The van der Waals surface area contributed by atoms with Gasteiger partial charge in [0, 0.05) is 11.6 Å². The molecule has 0 bridgehead atoms. The van der Waals surface area contributed by atoms with E-state index in [0.717, 1.165) is 30.8 Å². The van der Waals surface area contributed by atoms with Crippen LogP contribution in [0.25, 0.3) is 0 Å². The van der Waals surface area contributed by atoms with Gasteiger partial charge in [-0.2, -0.15) is 0 Å². The van der Waals surface area contributed by atoms with Crippen LogP contribution in [0.15, 0.2) is 4.52 Å². The Kier molecular flexibility index (Phi) is 5.53. The Balaban J connectivity index is 2.21. The number of aryl methyl sites for hydroxylation is 2. The van der Waals surface area contributed by atoms with Gasteiger partial charge in [-0.15, -0.1) is 0 Å². The fraction of sp³-hybridized carbons (Fsp3) is 0.769. The van der Waals surface area contributed by atoms with Gasteiger partial charge in [-0.1, -0.05) is 18.5 Å². The van der Waals surface area contributed by atoms with Crippen molar-refractivity contribution >= 4 is 0 Å². The molecule has 1 heterocycles. The van der Waals surface area contributed by atoms with Crippen molar-refractivity contribution in [3.63, 3.8) is 0 Å². The van der Waals surface area contributed by atoms with Crippen molar-refractivity contribution in [2.45, 2.75) is 59.4 Å². The zero-order valence-electron chi connectivity index (χ0n) is 11.0. The van der Waals surface area contributed by atoms with E-state index in [4.69, 9.17) is 4.52 Å². The van der Waals surface area contributed by atoms with Crippen LogP contribution in [0.2, 0.25) is 0 Å². The first kappa shape index (κ1) is 13.2. The summed E-state index contributed by atoms with van der Waals surface area (Å²) in [5.41, 5.74) is 2.32. The lowest BCUT2D eigenvalue weighted by Crippen LogP contribution is -2.27. The van der Waals surface area contributed by atoms with Crippen molar-refractivity contribution in [2.75, 3.05) is 6.54 Å². The standard InChI is InChI=1S/C13H24N2O/c1-5-7-10(2)14-9-6-8-13-11(3)15-16-12(13)4/h10,14H,5-9H2,1-4H3. The molecule has 1 N–H and O–H groups in total. The SMILES string of the molecule is CCCC(C)NCCCc1c(C)noc1C. The second-order valence-electron chi connectivity index (χ2n) is 4.55. The summed E-state index contributed by atoms with van der Waals surface area (Å²) in [7, 11) is 0. The summed E-state index contributed by atoms with van der Waals surface area (Å²) in [5.74, 6) is 0.971. The molecule has 1 atom stereocenters. The van der Waals surface area contributed by atoms with Gasteiger partial charge in [0.05, 0.1) is 5.69 Å². The normalized spacial score (nSPS) is 13.0. The first-order chi connectivity index (χ1) is 7.65. The minimum absolute atomic E-state index is 0.634. The van der Waals surface area contributed by atoms with Gasteiger partial charge >= 0.3 is 0 Å². The van der Waals surface area contributed by atoms with E-state index >= 15 is 0 Å². The smallest absolute Gasteiger partial charge is 0.137 e. The molecular weight excluding hydrogens is 200 g/mol. The van der Waals surface area contributed by atoms with E-state index in [2.05, 4.69) is 24.3 Å². The highest BCUT2D eigenvalue weighted by Gasteiger charge is 2.08. The number of rotatable bonds is 7. The van der Waals surface area contributed by atoms with Crippen molar-refractivity contribution in [3.8, 4) is 0 Å². The maximum Gasteiger partial charge on any atom is 0.137 e. The predicted molar refractivity (Wildman–Crippen MR) is 66.7 cm³/mol. The van der Waals surface area contributed by atoms with E-state index in [0.29, 0.717) is 6.04 Å². The van der Waals surface area contributed by atoms with Crippen molar-refractivity contribution in [2.24, 2.45) is 0 Å². The number of nitrogens with zero attached hydrogens (tertiary/aromatic N) is 1. The first-order valence-electron chi connectivity index (χ1n) is 6.30.